The molecule has 0 bridgehead atoms. The van der Waals surface area contributed by atoms with Crippen LogP contribution >= 0.6 is 0 Å². The first-order valence-electron chi connectivity index (χ1n) is 14.7. The Hall–Kier alpha value is -3.98. The standard InChI is InChI=1S/C31H32F7N7O/c1-18-13-43(22(12-40-18)14-42-9-8-39-28(42)31(36,37)38)16-25(46)45-17-29(2,3)26-23(45)11-20(10-19-4-6-21(32)7-5-19)27-41-24(15-44(26)27)30(33,34)35/h4-9,11,15,18,22,40H,10,12-14,16-17H2,1-3H3/t18-,22-/m1/s1. The lowest BCUT2D eigenvalue weighted by Crippen LogP contribution is -2.59. The van der Waals surface area contributed by atoms with Gasteiger partial charge in [0, 0.05) is 74.3 Å². The van der Waals surface area contributed by atoms with E-state index in [1.165, 1.54) is 39.8 Å². The summed E-state index contributed by atoms with van der Waals surface area (Å²) in [4.78, 5) is 24.9. The molecular formula is C31H32F7N7O. The van der Waals surface area contributed by atoms with E-state index in [-0.39, 0.29) is 43.7 Å². The van der Waals surface area contributed by atoms with Crippen molar-refractivity contribution in [2.24, 2.45) is 0 Å². The second-order valence-electron chi connectivity index (χ2n) is 12.7. The molecule has 1 N–H and O–H groups in total. The summed E-state index contributed by atoms with van der Waals surface area (Å²) in [6.07, 6.45) is -5.92. The number of fused-ring (bicyclic) bond motifs is 3. The van der Waals surface area contributed by atoms with Gasteiger partial charge >= 0.3 is 12.4 Å². The van der Waals surface area contributed by atoms with E-state index in [4.69, 9.17) is 0 Å². The lowest BCUT2D eigenvalue weighted by Gasteiger charge is -2.40. The molecule has 5 heterocycles. The summed E-state index contributed by atoms with van der Waals surface area (Å²) in [6.45, 7) is 6.30. The van der Waals surface area contributed by atoms with Crippen molar-refractivity contribution in [3.8, 4) is 0 Å². The SMILES string of the molecule is C[C@@H]1CN(CC(=O)N2CC(C)(C)c3c2cc(Cc2ccc(F)cc2)c2nc(C(F)(F)F)cn32)[C@@H](Cn2ccnc2C(F)(F)F)CN1. The number of rotatable bonds is 6. The Morgan fingerprint density at radius 1 is 1.09 bits per heavy atom. The maximum atomic E-state index is 14.1. The number of amides is 1. The minimum atomic E-state index is -4.71. The Morgan fingerprint density at radius 3 is 2.48 bits per heavy atom. The molecule has 1 fully saturated rings. The van der Waals surface area contributed by atoms with Crippen molar-refractivity contribution in [2.75, 3.05) is 31.1 Å². The summed E-state index contributed by atoms with van der Waals surface area (Å²) in [5.74, 6) is -1.82. The molecular weight excluding hydrogens is 619 g/mol. The van der Waals surface area contributed by atoms with Crippen LogP contribution in [0, 0.1) is 5.82 Å². The molecule has 1 aromatic carbocycles. The number of carbonyl (C=O) groups is 1. The maximum absolute atomic E-state index is 14.1. The summed E-state index contributed by atoms with van der Waals surface area (Å²) in [6, 6.07) is 6.77. The third-order valence-electron chi connectivity index (χ3n) is 8.61. The summed E-state index contributed by atoms with van der Waals surface area (Å²) in [5.41, 5.74) is 0.233. The van der Waals surface area contributed by atoms with Crippen LogP contribution in [-0.2, 0) is 35.5 Å². The highest BCUT2D eigenvalue weighted by atomic mass is 19.4. The van der Waals surface area contributed by atoms with Gasteiger partial charge in [-0.1, -0.05) is 26.0 Å². The quantitative estimate of drug-likeness (QED) is 0.288. The number of nitrogens with zero attached hydrogens (tertiary/aromatic N) is 6. The Labute approximate surface area is 259 Å². The molecule has 1 amide bonds. The third-order valence-corrected chi connectivity index (χ3v) is 8.61. The van der Waals surface area contributed by atoms with Crippen LogP contribution in [0.5, 0.6) is 0 Å². The number of nitrogens with one attached hydrogen (secondary N) is 1. The number of hydrogen-bond acceptors (Lipinski definition) is 5. The lowest BCUT2D eigenvalue weighted by atomic mass is 9.90. The molecule has 0 radical (unpaired) electrons. The van der Waals surface area contributed by atoms with Gasteiger partial charge in [-0.25, -0.2) is 14.4 Å². The molecule has 0 aliphatic carbocycles. The van der Waals surface area contributed by atoms with E-state index in [2.05, 4.69) is 15.3 Å². The van der Waals surface area contributed by atoms with Crippen molar-refractivity contribution in [1.29, 1.82) is 0 Å². The fourth-order valence-electron chi connectivity index (χ4n) is 6.55. The summed E-state index contributed by atoms with van der Waals surface area (Å²) >= 11 is 0. The molecule has 8 nitrogen and oxygen atoms in total. The maximum Gasteiger partial charge on any atom is 0.449 e. The van der Waals surface area contributed by atoms with Crippen LogP contribution in [0.25, 0.3) is 5.65 Å². The Balaban J connectivity index is 1.36. The zero-order valence-corrected chi connectivity index (χ0v) is 25.3. The molecule has 46 heavy (non-hydrogen) atoms. The fraction of sp³-hybridized carbons (Fsp3) is 0.452. The molecule has 0 saturated carbocycles. The van der Waals surface area contributed by atoms with Crippen LogP contribution in [0.2, 0.25) is 0 Å². The van der Waals surface area contributed by atoms with Crippen LogP contribution in [0.3, 0.4) is 0 Å². The molecule has 6 rings (SSSR count). The molecule has 2 aliphatic heterocycles. The Morgan fingerprint density at radius 2 is 1.80 bits per heavy atom. The fourth-order valence-corrected chi connectivity index (χ4v) is 6.55. The van der Waals surface area contributed by atoms with Crippen molar-refractivity contribution < 1.29 is 35.5 Å². The van der Waals surface area contributed by atoms with E-state index >= 15 is 0 Å². The first-order chi connectivity index (χ1) is 21.5. The van der Waals surface area contributed by atoms with Gasteiger partial charge in [0.2, 0.25) is 11.7 Å². The minimum absolute atomic E-state index is 0.0371. The number of aromatic nitrogens is 4. The molecule has 0 spiro atoms. The molecule has 3 aromatic heterocycles. The average Bonchev–Trinajstić information content (AvgIpc) is 3.67. The first-order valence-corrected chi connectivity index (χ1v) is 14.7. The van der Waals surface area contributed by atoms with Gasteiger partial charge in [-0.05, 0) is 30.7 Å². The molecule has 2 aliphatic rings. The zero-order chi connectivity index (χ0) is 33.2. The molecule has 2 atom stereocenters. The van der Waals surface area contributed by atoms with E-state index in [0.717, 1.165) is 17.0 Å². The predicted molar refractivity (Wildman–Crippen MR) is 155 cm³/mol. The number of carbonyl (C=O) groups excluding carboxylic acids is 1. The van der Waals surface area contributed by atoms with Gasteiger partial charge in [0.25, 0.3) is 0 Å². The number of alkyl halides is 6. The highest BCUT2D eigenvalue weighted by molar-refractivity contribution is 5.98. The minimum Gasteiger partial charge on any atom is -0.326 e. The molecule has 246 valence electrons. The highest BCUT2D eigenvalue weighted by Gasteiger charge is 2.44. The number of piperazine rings is 1. The summed E-state index contributed by atoms with van der Waals surface area (Å²) < 4.78 is 98.2. The van der Waals surface area contributed by atoms with E-state index in [1.54, 1.807) is 6.07 Å². The van der Waals surface area contributed by atoms with Crippen LogP contribution in [0.4, 0.5) is 36.4 Å². The van der Waals surface area contributed by atoms with Crippen molar-refractivity contribution >= 4 is 17.2 Å². The highest BCUT2D eigenvalue weighted by Crippen LogP contribution is 2.43. The first kappa shape index (κ1) is 32.0. The second-order valence-corrected chi connectivity index (χ2v) is 12.7. The molecule has 0 unspecified atom stereocenters. The average molecular weight is 652 g/mol. The van der Waals surface area contributed by atoms with Gasteiger partial charge in [0.1, 0.15) is 11.5 Å². The number of imidazole rings is 2. The van der Waals surface area contributed by atoms with Gasteiger partial charge in [0.05, 0.1) is 17.9 Å². The molecule has 4 aromatic rings. The number of benzene rings is 1. The third kappa shape index (κ3) is 6.09. The predicted octanol–water partition coefficient (Wildman–Crippen LogP) is 5.29. The Bertz CT molecular complexity index is 1760. The van der Waals surface area contributed by atoms with Gasteiger partial charge in [0.15, 0.2) is 5.69 Å². The number of pyridine rings is 1. The number of halogens is 7. The Kier molecular flexibility index (Phi) is 7.90. The smallest absolute Gasteiger partial charge is 0.326 e. The van der Waals surface area contributed by atoms with Gasteiger partial charge < -0.3 is 19.2 Å². The van der Waals surface area contributed by atoms with Crippen molar-refractivity contribution in [1.82, 2.24) is 29.2 Å². The lowest BCUT2D eigenvalue weighted by molar-refractivity contribution is -0.147. The largest absolute Gasteiger partial charge is 0.449 e. The number of hydrogen-bond donors (Lipinski definition) is 1. The van der Waals surface area contributed by atoms with E-state index in [0.29, 0.717) is 35.6 Å². The summed E-state index contributed by atoms with van der Waals surface area (Å²) in [5, 5.41) is 3.27. The van der Waals surface area contributed by atoms with Crippen LogP contribution in [0.1, 0.15) is 49.1 Å². The van der Waals surface area contributed by atoms with Crippen LogP contribution < -0.4 is 10.2 Å². The normalized spacial score (nSPS) is 20.4. The molecule has 1 saturated heterocycles. The van der Waals surface area contributed by atoms with Crippen molar-refractivity contribution in [3.63, 3.8) is 0 Å². The van der Waals surface area contributed by atoms with Crippen LogP contribution in [-0.4, -0.2) is 68.0 Å². The van der Waals surface area contributed by atoms with E-state index < -0.39 is 41.1 Å². The van der Waals surface area contributed by atoms with Crippen LogP contribution in [0.15, 0.2) is 48.9 Å². The van der Waals surface area contributed by atoms with Gasteiger partial charge in [-0.15, -0.1) is 0 Å². The van der Waals surface area contributed by atoms with Gasteiger partial charge in [-0.2, -0.15) is 26.3 Å². The monoisotopic (exact) mass is 651 g/mol. The van der Waals surface area contributed by atoms with E-state index in [9.17, 15) is 35.5 Å². The summed E-state index contributed by atoms with van der Waals surface area (Å²) in [7, 11) is 0. The van der Waals surface area contributed by atoms with Crippen molar-refractivity contribution in [3.05, 3.63) is 83.1 Å². The zero-order valence-electron chi connectivity index (χ0n) is 25.3. The van der Waals surface area contributed by atoms with E-state index in [1.807, 2.05) is 25.7 Å². The van der Waals surface area contributed by atoms with Crippen molar-refractivity contribution in [2.45, 2.75) is 63.6 Å². The topological polar surface area (TPSA) is 70.7 Å². The van der Waals surface area contributed by atoms with Gasteiger partial charge in [-0.3, -0.25) is 9.69 Å². The molecule has 15 heteroatoms. The number of anilines is 1. The second kappa shape index (κ2) is 11.4.